The van der Waals surface area contributed by atoms with Gasteiger partial charge in [-0.15, -0.1) is 11.3 Å². The molecule has 1 aromatic heterocycles. The largest absolute Gasteiger partial charge is 0.330 e. The molecule has 2 aliphatic rings. The molecular weight excluding hydrogens is 360 g/mol. The fraction of sp³-hybridized carbons (Fsp3) is 0.353. The van der Waals surface area contributed by atoms with E-state index in [2.05, 4.69) is 28.1 Å². The minimum absolute atomic E-state index is 0.228. The number of anilines is 1. The van der Waals surface area contributed by atoms with Crippen LogP contribution in [0.25, 0.3) is 0 Å². The third-order valence-corrected chi connectivity index (χ3v) is 6.46. The topological polar surface area (TPSA) is 46.3 Å². The second kappa shape index (κ2) is 5.18. The summed E-state index contributed by atoms with van der Waals surface area (Å²) in [5.41, 5.74) is 7.82. The Morgan fingerprint density at radius 1 is 1.45 bits per heavy atom. The molecule has 1 fully saturated rings. The van der Waals surface area contributed by atoms with Crippen molar-refractivity contribution in [3.8, 4) is 0 Å². The number of nitrogens with zero attached hydrogens (tertiary/aromatic N) is 1. The van der Waals surface area contributed by atoms with Gasteiger partial charge in [0.05, 0.1) is 5.41 Å². The molecule has 2 N–H and O–H groups in total. The molecule has 1 aliphatic heterocycles. The Morgan fingerprint density at radius 3 is 3.00 bits per heavy atom. The van der Waals surface area contributed by atoms with Crippen LogP contribution >= 0.6 is 27.3 Å². The van der Waals surface area contributed by atoms with Gasteiger partial charge >= 0.3 is 0 Å². The van der Waals surface area contributed by atoms with Crippen molar-refractivity contribution in [3.63, 3.8) is 0 Å². The van der Waals surface area contributed by atoms with Crippen molar-refractivity contribution in [3.05, 3.63) is 50.6 Å². The molecule has 2 atom stereocenters. The predicted molar refractivity (Wildman–Crippen MR) is 93.4 cm³/mol. The summed E-state index contributed by atoms with van der Waals surface area (Å²) < 4.78 is 1.07. The number of fused-ring (bicyclic) bond motifs is 1. The summed E-state index contributed by atoms with van der Waals surface area (Å²) in [7, 11) is 0. The summed E-state index contributed by atoms with van der Waals surface area (Å²) in [5, 5.41) is 2.05. The highest BCUT2D eigenvalue weighted by Crippen LogP contribution is 2.57. The smallest absolute Gasteiger partial charge is 0.238 e. The lowest BCUT2D eigenvalue weighted by molar-refractivity contribution is -0.121. The van der Waals surface area contributed by atoms with Gasteiger partial charge in [-0.1, -0.05) is 22.0 Å². The molecule has 3 nitrogen and oxygen atoms in total. The Hall–Kier alpha value is -1.17. The van der Waals surface area contributed by atoms with Crippen LogP contribution in [0.1, 0.15) is 16.9 Å². The zero-order valence-electron chi connectivity index (χ0n) is 12.1. The lowest BCUT2D eigenvalue weighted by Crippen LogP contribution is -2.40. The number of rotatable bonds is 3. The first-order valence-electron chi connectivity index (χ1n) is 7.51. The second-order valence-corrected chi connectivity index (χ2v) is 7.93. The second-order valence-electron chi connectivity index (χ2n) is 6.07. The van der Waals surface area contributed by atoms with Crippen LogP contribution in [-0.4, -0.2) is 19.0 Å². The molecule has 4 rings (SSSR count). The first kappa shape index (κ1) is 14.4. The van der Waals surface area contributed by atoms with Crippen LogP contribution < -0.4 is 10.6 Å². The SMILES string of the molecule is NC[C@@H]1C[C@@]1(C(=O)N1CCc2cc(Br)ccc21)c1cccs1. The van der Waals surface area contributed by atoms with Crippen LogP contribution in [0.3, 0.4) is 0 Å². The first-order chi connectivity index (χ1) is 10.7. The molecule has 0 spiro atoms. The first-order valence-corrected chi connectivity index (χ1v) is 9.18. The number of hydrogen-bond acceptors (Lipinski definition) is 3. The van der Waals surface area contributed by atoms with E-state index in [-0.39, 0.29) is 17.2 Å². The number of carbonyl (C=O) groups excluding carboxylic acids is 1. The lowest BCUT2D eigenvalue weighted by atomic mass is 9.99. The maximum atomic E-state index is 13.3. The van der Waals surface area contributed by atoms with Crippen LogP contribution in [0.4, 0.5) is 5.69 Å². The van der Waals surface area contributed by atoms with E-state index in [0.717, 1.165) is 29.5 Å². The molecule has 0 unspecified atom stereocenters. The van der Waals surface area contributed by atoms with E-state index in [0.29, 0.717) is 6.54 Å². The molecule has 5 heteroatoms. The van der Waals surface area contributed by atoms with Crippen LogP contribution in [-0.2, 0) is 16.6 Å². The summed E-state index contributed by atoms with van der Waals surface area (Å²) in [6.07, 6.45) is 1.81. The van der Waals surface area contributed by atoms with Crippen LogP contribution in [0, 0.1) is 5.92 Å². The van der Waals surface area contributed by atoms with Gasteiger partial charge in [0.15, 0.2) is 0 Å². The Morgan fingerprint density at radius 2 is 2.32 bits per heavy atom. The number of halogens is 1. The van der Waals surface area contributed by atoms with Gasteiger partial charge in [-0.2, -0.15) is 0 Å². The van der Waals surface area contributed by atoms with Gasteiger partial charge in [-0.05, 0) is 60.5 Å². The molecule has 1 amide bonds. The van der Waals surface area contributed by atoms with Crippen molar-refractivity contribution in [2.24, 2.45) is 11.7 Å². The van der Waals surface area contributed by atoms with E-state index in [9.17, 15) is 4.79 Å². The van der Waals surface area contributed by atoms with E-state index in [1.165, 1.54) is 10.4 Å². The molecule has 1 saturated carbocycles. The molecule has 114 valence electrons. The third-order valence-electron chi connectivity index (χ3n) is 4.91. The fourth-order valence-corrected chi connectivity index (χ4v) is 5.05. The molecule has 2 aromatic rings. The van der Waals surface area contributed by atoms with Crippen LogP contribution in [0.15, 0.2) is 40.2 Å². The van der Waals surface area contributed by atoms with Crippen molar-refractivity contribution >= 4 is 38.9 Å². The molecule has 1 aliphatic carbocycles. The van der Waals surface area contributed by atoms with Crippen molar-refractivity contribution < 1.29 is 4.79 Å². The third kappa shape index (κ3) is 1.99. The van der Waals surface area contributed by atoms with Crippen LogP contribution in [0.5, 0.6) is 0 Å². The van der Waals surface area contributed by atoms with Crippen molar-refractivity contribution in [1.29, 1.82) is 0 Å². The summed E-state index contributed by atoms with van der Waals surface area (Å²) >= 11 is 5.18. The number of carbonyl (C=O) groups is 1. The van der Waals surface area contributed by atoms with Crippen LogP contribution in [0.2, 0.25) is 0 Å². The summed E-state index contributed by atoms with van der Waals surface area (Å²) in [6.45, 7) is 1.35. The maximum Gasteiger partial charge on any atom is 0.238 e. The monoisotopic (exact) mass is 376 g/mol. The minimum Gasteiger partial charge on any atom is -0.330 e. The minimum atomic E-state index is -0.377. The summed E-state index contributed by atoms with van der Waals surface area (Å²) in [4.78, 5) is 16.4. The Balaban J connectivity index is 1.71. The van der Waals surface area contributed by atoms with E-state index >= 15 is 0 Å². The molecule has 0 saturated heterocycles. The highest BCUT2D eigenvalue weighted by molar-refractivity contribution is 9.10. The van der Waals surface area contributed by atoms with E-state index in [1.807, 2.05) is 28.5 Å². The number of benzene rings is 1. The van der Waals surface area contributed by atoms with Gasteiger partial charge in [-0.25, -0.2) is 0 Å². The van der Waals surface area contributed by atoms with Gasteiger partial charge in [-0.3, -0.25) is 4.79 Å². The Bertz CT molecular complexity index is 730. The highest BCUT2D eigenvalue weighted by Gasteiger charge is 2.62. The predicted octanol–water partition coefficient (Wildman–Crippen LogP) is 3.32. The lowest BCUT2D eigenvalue weighted by Gasteiger charge is -2.24. The molecular formula is C17H17BrN2OS. The average molecular weight is 377 g/mol. The van der Waals surface area contributed by atoms with Gasteiger partial charge in [0, 0.05) is 21.6 Å². The van der Waals surface area contributed by atoms with Crippen molar-refractivity contribution in [2.75, 3.05) is 18.0 Å². The standard InChI is InChI=1S/C17H17BrN2OS/c18-13-3-4-14-11(8-13)5-6-20(14)16(21)17(9-12(17)10-19)15-2-1-7-22-15/h1-4,7-8,12H,5-6,9-10,19H2/t12-,17-/m0/s1. The summed E-state index contributed by atoms with van der Waals surface area (Å²) in [6, 6.07) is 10.3. The number of amides is 1. The van der Waals surface area contributed by atoms with E-state index < -0.39 is 0 Å². The van der Waals surface area contributed by atoms with E-state index in [4.69, 9.17) is 5.73 Å². The average Bonchev–Trinajstić information content (AvgIpc) is 2.90. The van der Waals surface area contributed by atoms with Crippen molar-refractivity contribution in [2.45, 2.75) is 18.3 Å². The summed E-state index contributed by atoms with van der Waals surface area (Å²) in [5.74, 6) is 0.504. The molecule has 22 heavy (non-hydrogen) atoms. The zero-order chi connectivity index (χ0) is 15.3. The van der Waals surface area contributed by atoms with Gasteiger partial charge in [0.25, 0.3) is 0 Å². The van der Waals surface area contributed by atoms with Crippen molar-refractivity contribution in [1.82, 2.24) is 0 Å². The number of hydrogen-bond donors (Lipinski definition) is 1. The van der Waals surface area contributed by atoms with E-state index in [1.54, 1.807) is 11.3 Å². The Kier molecular flexibility index (Phi) is 3.40. The highest BCUT2D eigenvalue weighted by atomic mass is 79.9. The Labute approximate surface area is 142 Å². The number of nitrogens with two attached hydrogens (primary N) is 1. The quantitative estimate of drug-likeness (QED) is 0.892. The molecule has 1 aromatic carbocycles. The number of thiophene rings is 1. The zero-order valence-corrected chi connectivity index (χ0v) is 14.5. The molecule has 0 radical (unpaired) electrons. The van der Waals surface area contributed by atoms with Gasteiger partial charge in [0.1, 0.15) is 0 Å². The normalized spacial score (nSPS) is 26.1. The van der Waals surface area contributed by atoms with Gasteiger partial charge < -0.3 is 10.6 Å². The van der Waals surface area contributed by atoms with Gasteiger partial charge in [0.2, 0.25) is 5.91 Å². The molecule has 2 heterocycles. The maximum absolute atomic E-state index is 13.3. The fourth-order valence-electron chi connectivity index (χ4n) is 3.64. The molecule has 0 bridgehead atoms.